The zero-order valence-electron chi connectivity index (χ0n) is 17.6. The van der Waals surface area contributed by atoms with Crippen molar-refractivity contribution in [1.82, 2.24) is 5.32 Å². The molecule has 0 aliphatic rings. The molecular formula is C28H27N. The highest BCUT2D eigenvalue weighted by Crippen LogP contribution is 2.36. The van der Waals surface area contributed by atoms with Crippen LogP contribution < -0.4 is 5.32 Å². The molecule has 1 N–H and O–H groups in total. The van der Waals surface area contributed by atoms with Gasteiger partial charge in [-0.1, -0.05) is 50.2 Å². The Balaban J connectivity index is 1.87. The summed E-state index contributed by atoms with van der Waals surface area (Å²) >= 11 is 0. The summed E-state index contributed by atoms with van der Waals surface area (Å²) in [6, 6.07) is 27.7. The van der Waals surface area contributed by atoms with Crippen molar-refractivity contribution in [1.29, 1.82) is 0 Å². The first-order valence-corrected chi connectivity index (χ1v) is 10.6. The van der Waals surface area contributed by atoms with Crippen molar-refractivity contribution in [2.75, 3.05) is 7.05 Å². The Morgan fingerprint density at radius 1 is 0.552 bits per heavy atom. The fraction of sp³-hybridized carbons (Fsp3) is 0.214. The third kappa shape index (κ3) is 2.97. The molecule has 0 radical (unpaired) electrons. The van der Waals surface area contributed by atoms with Crippen molar-refractivity contribution in [3.63, 3.8) is 0 Å². The van der Waals surface area contributed by atoms with Gasteiger partial charge in [0, 0.05) is 6.04 Å². The van der Waals surface area contributed by atoms with E-state index in [0.717, 1.165) is 0 Å². The van der Waals surface area contributed by atoms with Crippen molar-refractivity contribution in [3.8, 4) is 0 Å². The minimum absolute atomic E-state index is 0.320. The molecule has 0 saturated carbocycles. The molecule has 1 atom stereocenters. The Kier molecular flexibility index (Phi) is 4.29. The highest BCUT2D eigenvalue weighted by atomic mass is 14.9. The molecule has 0 fully saturated rings. The zero-order chi connectivity index (χ0) is 20.1. The van der Waals surface area contributed by atoms with Crippen LogP contribution in [0.5, 0.6) is 0 Å². The smallest absolute Gasteiger partial charge is 0.0295 e. The SMILES string of the molecule is CNC(C)c1ccc(C(C)C)c2cc3cc4cc5ccccc5cc4cc3cc12. The summed E-state index contributed by atoms with van der Waals surface area (Å²) in [5.74, 6) is 0.498. The summed E-state index contributed by atoms with van der Waals surface area (Å²) < 4.78 is 0. The molecule has 0 amide bonds. The van der Waals surface area contributed by atoms with E-state index in [0.29, 0.717) is 12.0 Å². The molecule has 0 heterocycles. The molecule has 5 aromatic rings. The first-order valence-electron chi connectivity index (χ1n) is 10.6. The number of fused-ring (bicyclic) bond motifs is 4. The average Bonchev–Trinajstić information content (AvgIpc) is 2.73. The van der Waals surface area contributed by atoms with E-state index in [2.05, 4.69) is 98.9 Å². The van der Waals surface area contributed by atoms with Crippen LogP contribution in [-0.4, -0.2) is 7.05 Å². The Morgan fingerprint density at radius 2 is 1.00 bits per heavy atom. The Morgan fingerprint density at radius 3 is 1.52 bits per heavy atom. The van der Waals surface area contributed by atoms with E-state index in [1.165, 1.54) is 54.2 Å². The third-order valence-electron chi connectivity index (χ3n) is 6.38. The quantitative estimate of drug-likeness (QED) is 0.318. The van der Waals surface area contributed by atoms with E-state index in [9.17, 15) is 0 Å². The second-order valence-electron chi connectivity index (χ2n) is 8.55. The van der Waals surface area contributed by atoms with E-state index < -0.39 is 0 Å². The van der Waals surface area contributed by atoms with Gasteiger partial charge in [0.05, 0.1) is 0 Å². The number of hydrogen-bond acceptors (Lipinski definition) is 1. The monoisotopic (exact) mass is 377 g/mol. The van der Waals surface area contributed by atoms with Crippen LogP contribution in [0.4, 0.5) is 0 Å². The van der Waals surface area contributed by atoms with Gasteiger partial charge >= 0.3 is 0 Å². The van der Waals surface area contributed by atoms with Crippen LogP contribution in [0.2, 0.25) is 0 Å². The molecule has 5 rings (SSSR count). The Hall–Kier alpha value is -2.90. The number of benzene rings is 5. The predicted octanol–water partition coefficient (Wildman–Crippen LogP) is 7.70. The fourth-order valence-corrected chi connectivity index (χ4v) is 4.62. The van der Waals surface area contributed by atoms with Crippen molar-refractivity contribution < 1.29 is 0 Å². The first kappa shape index (κ1) is 18.1. The lowest BCUT2D eigenvalue weighted by molar-refractivity contribution is 0.657. The normalized spacial score (nSPS) is 13.1. The molecule has 0 aromatic heterocycles. The lowest BCUT2D eigenvalue weighted by atomic mass is 9.88. The van der Waals surface area contributed by atoms with Gasteiger partial charge in [0.2, 0.25) is 0 Å². The standard InChI is InChI=1S/C28H27N/c1-17(2)25-9-10-26(18(3)29-4)28-16-24-14-22-12-20-8-6-5-7-19(20)11-21(22)13-23(24)15-27(25)28/h5-18,29H,1-4H3. The summed E-state index contributed by atoms with van der Waals surface area (Å²) in [6.07, 6.45) is 0. The largest absolute Gasteiger partial charge is 0.313 e. The molecule has 144 valence electrons. The maximum Gasteiger partial charge on any atom is 0.0295 e. The minimum Gasteiger partial charge on any atom is -0.313 e. The summed E-state index contributed by atoms with van der Waals surface area (Å²) in [5, 5.41) is 14.0. The molecule has 1 unspecified atom stereocenters. The van der Waals surface area contributed by atoms with Crippen LogP contribution >= 0.6 is 0 Å². The Labute approximate surface area is 172 Å². The molecular weight excluding hydrogens is 350 g/mol. The molecule has 0 aliphatic carbocycles. The van der Waals surface area contributed by atoms with Crippen LogP contribution in [0.25, 0.3) is 43.1 Å². The molecule has 0 aliphatic heterocycles. The fourth-order valence-electron chi connectivity index (χ4n) is 4.62. The molecule has 29 heavy (non-hydrogen) atoms. The molecule has 5 aromatic carbocycles. The van der Waals surface area contributed by atoms with Crippen LogP contribution in [0.1, 0.15) is 43.9 Å². The highest BCUT2D eigenvalue weighted by Gasteiger charge is 2.14. The van der Waals surface area contributed by atoms with E-state index in [1.54, 1.807) is 0 Å². The van der Waals surface area contributed by atoms with E-state index >= 15 is 0 Å². The van der Waals surface area contributed by atoms with Crippen LogP contribution in [-0.2, 0) is 0 Å². The lowest BCUT2D eigenvalue weighted by Gasteiger charge is -2.19. The van der Waals surface area contributed by atoms with Gasteiger partial charge in [0.1, 0.15) is 0 Å². The number of rotatable bonds is 3. The predicted molar refractivity (Wildman–Crippen MR) is 128 cm³/mol. The van der Waals surface area contributed by atoms with Gasteiger partial charge in [-0.25, -0.2) is 0 Å². The van der Waals surface area contributed by atoms with Crippen molar-refractivity contribution in [2.45, 2.75) is 32.7 Å². The first-order chi connectivity index (χ1) is 14.0. The third-order valence-corrected chi connectivity index (χ3v) is 6.38. The van der Waals surface area contributed by atoms with E-state index in [1.807, 2.05) is 7.05 Å². The molecule has 1 heteroatoms. The molecule has 0 spiro atoms. The van der Waals surface area contributed by atoms with Gasteiger partial charge < -0.3 is 5.32 Å². The van der Waals surface area contributed by atoms with Gasteiger partial charge in [-0.15, -0.1) is 0 Å². The van der Waals surface area contributed by atoms with Gasteiger partial charge in [0.15, 0.2) is 0 Å². The summed E-state index contributed by atoms with van der Waals surface area (Å²) in [5.41, 5.74) is 2.79. The van der Waals surface area contributed by atoms with E-state index in [-0.39, 0.29) is 0 Å². The van der Waals surface area contributed by atoms with Crippen molar-refractivity contribution in [2.24, 2.45) is 0 Å². The number of nitrogens with one attached hydrogen (secondary N) is 1. The second kappa shape index (κ2) is 6.86. The van der Waals surface area contributed by atoms with Crippen LogP contribution in [0.3, 0.4) is 0 Å². The Bertz CT molecular complexity index is 1380. The zero-order valence-corrected chi connectivity index (χ0v) is 17.6. The molecule has 1 nitrogen and oxygen atoms in total. The summed E-state index contributed by atoms with van der Waals surface area (Å²) in [7, 11) is 2.03. The van der Waals surface area contributed by atoms with E-state index in [4.69, 9.17) is 0 Å². The van der Waals surface area contributed by atoms with Crippen molar-refractivity contribution >= 4 is 43.1 Å². The summed E-state index contributed by atoms with van der Waals surface area (Å²) in [6.45, 7) is 6.81. The second-order valence-corrected chi connectivity index (χ2v) is 8.55. The average molecular weight is 378 g/mol. The summed E-state index contributed by atoms with van der Waals surface area (Å²) in [4.78, 5) is 0. The van der Waals surface area contributed by atoms with Gasteiger partial charge in [-0.05, 0) is 111 Å². The molecule has 0 saturated heterocycles. The lowest BCUT2D eigenvalue weighted by Crippen LogP contribution is -2.13. The maximum absolute atomic E-state index is 3.42. The molecule has 0 bridgehead atoms. The van der Waals surface area contributed by atoms with Crippen LogP contribution in [0, 0.1) is 0 Å². The van der Waals surface area contributed by atoms with Gasteiger partial charge in [0.25, 0.3) is 0 Å². The van der Waals surface area contributed by atoms with Gasteiger partial charge in [-0.2, -0.15) is 0 Å². The highest BCUT2D eigenvalue weighted by molar-refractivity contribution is 6.09. The van der Waals surface area contributed by atoms with Crippen LogP contribution in [0.15, 0.2) is 72.8 Å². The van der Waals surface area contributed by atoms with Gasteiger partial charge in [-0.3, -0.25) is 0 Å². The maximum atomic E-state index is 3.42. The minimum atomic E-state index is 0.320. The van der Waals surface area contributed by atoms with Crippen molar-refractivity contribution in [3.05, 3.63) is 83.9 Å². The topological polar surface area (TPSA) is 12.0 Å². The number of hydrogen-bond donors (Lipinski definition) is 1.